The van der Waals surface area contributed by atoms with Crippen LogP contribution in [0.25, 0.3) is 0 Å². The lowest BCUT2D eigenvalue weighted by Gasteiger charge is -2.14. The normalized spacial score (nSPS) is 12.4. The number of hydrogen-bond acceptors (Lipinski definition) is 3. The molecule has 3 heteroatoms. The van der Waals surface area contributed by atoms with Gasteiger partial charge in [-0.05, 0) is 55.0 Å². The number of rotatable bonds is 4. The molecule has 0 saturated carbocycles. The van der Waals surface area contributed by atoms with E-state index in [1.807, 2.05) is 6.07 Å². The number of nitrogens with zero attached hydrogens (tertiary/aromatic N) is 1. The second-order valence-electron chi connectivity index (χ2n) is 5.16. The molecule has 0 amide bonds. The van der Waals surface area contributed by atoms with Gasteiger partial charge in [0.1, 0.15) is 0 Å². The first-order chi connectivity index (χ1) is 9.06. The number of nitrogens with two attached hydrogens (primary N) is 2. The van der Waals surface area contributed by atoms with Gasteiger partial charge in [-0.3, -0.25) is 4.98 Å². The highest BCUT2D eigenvalue weighted by molar-refractivity contribution is 5.44. The molecule has 2 rings (SSSR count). The molecule has 100 valence electrons. The van der Waals surface area contributed by atoms with Gasteiger partial charge >= 0.3 is 0 Å². The zero-order valence-electron chi connectivity index (χ0n) is 11.6. The molecule has 0 aliphatic rings. The Morgan fingerprint density at radius 1 is 1.11 bits per heavy atom. The number of pyridine rings is 1. The maximum Gasteiger partial charge on any atom is 0.0378 e. The van der Waals surface area contributed by atoms with Gasteiger partial charge in [-0.1, -0.05) is 18.2 Å². The Balaban J connectivity index is 2.03. The van der Waals surface area contributed by atoms with E-state index in [-0.39, 0.29) is 6.04 Å². The van der Waals surface area contributed by atoms with E-state index in [0.717, 1.165) is 24.1 Å². The van der Waals surface area contributed by atoms with Crippen molar-refractivity contribution in [1.82, 2.24) is 4.98 Å². The third-order valence-electron chi connectivity index (χ3n) is 3.49. The van der Waals surface area contributed by atoms with Crippen LogP contribution in [0.1, 0.15) is 22.3 Å². The van der Waals surface area contributed by atoms with Crippen molar-refractivity contribution in [3.8, 4) is 0 Å². The number of benzene rings is 1. The van der Waals surface area contributed by atoms with Gasteiger partial charge in [-0.2, -0.15) is 0 Å². The van der Waals surface area contributed by atoms with Crippen molar-refractivity contribution in [3.05, 3.63) is 58.9 Å². The highest BCUT2D eigenvalue weighted by atomic mass is 14.7. The summed E-state index contributed by atoms with van der Waals surface area (Å²) in [5.41, 5.74) is 17.8. The first kappa shape index (κ1) is 13.6. The van der Waals surface area contributed by atoms with Crippen molar-refractivity contribution >= 4 is 5.69 Å². The maximum absolute atomic E-state index is 6.21. The van der Waals surface area contributed by atoms with Crippen LogP contribution < -0.4 is 11.5 Å². The van der Waals surface area contributed by atoms with Crippen molar-refractivity contribution in [2.75, 3.05) is 5.73 Å². The van der Waals surface area contributed by atoms with E-state index in [0.29, 0.717) is 0 Å². The van der Waals surface area contributed by atoms with Gasteiger partial charge in [-0.25, -0.2) is 0 Å². The highest BCUT2D eigenvalue weighted by Crippen LogP contribution is 2.15. The average molecular weight is 255 g/mol. The molecule has 1 unspecified atom stereocenters. The summed E-state index contributed by atoms with van der Waals surface area (Å²) >= 11 is 0. The zero-order chi connectivity index (χ0) is 13.8. The molecule has 3 nitrogen and oxygen atoms in total. The molecule has 0 aliphatic heterocycles. The Bertz CT molecular complexity index is 564. The number of aryl methyl sites for hydroxylation is 2. The van der Waals surface area contributed by atoms with Gasteiger partial charge in [-0.15, -0.1) is 0 Å². The molecule has 19 heavy (non-hydrogen) atoms. The third kappa shape index (κ3) is 3.55. The number of aromatic nitrogens is 1. The predicted octanol–water partition coefficient (Wildman–Crippen LogP) is 2.39. The fraction of sp³-hybridized carbons (Fsp3) is 0.312. The minimum absolute atomic E-state index is 0.0635. The lowest BCUT2D eigenvalue weighted by molar-refractivity contribution is 0.664. The monoisotopic (exact) mass is 255 g/mol. The molecular formula is C16H21N3. The molecule has 0 radical (unpaired) electrons. The topological polar surface area (TPSA) is 64.9 Å². The van der Waals surface area contributed by atoms with E-state index in [4.69, 9.17) is 11.5 Å². The zero-order valence-corrected chi connectivity index (χ0v) is 11.6. The van der Waals surface area contributed by atoms with Crippen LogP contribution in [0.3, 0.4) is 0 Å². The SMILES string of the molecule is Cc1ccc(CC(N)Cc2cnccc2N)cc1C. The van der Waals surface area contributed by atoms with Crippen molar-refractivity contribution < 1.29 is 0 Å². The van der Waals surface area contributed by atoms with E-state index in [1.54, 1.807) is 12.4 Å². The number of anilines is 1. The summed E-state index contributed by atoms with van der Waals surface area (Å²) < 4.78 is 0. The Morgan fingerprint density at radius 3 is 2.58 bits per heavy atom. The molecule has 0 aliphatic carbocycles. The molecule has 1 atom stereocenters. The lowest BCUT2D eigenvalue weighted by atomic mass is 9.97. The quantitative estimate of drug-likeness (QED) is 0.881. The maximum atomic E-state index is 6.21. The van der Waals surface area contributed by atoms with Crippen LogP contribution in [0.5, 0.6) is 0 Å². The van der Waals surface area contributed by atoms with Crippen molar-refractivity contribution in [2.45, 2.75) is 32.7 Å². The van der Waals surface area contributed by atoms with Crippen molar-refractivity contribution in [3.63, 3.8) is 0 Å². The minimum atomic E-state index is 0.0635. The van der Waals surface area contributed by atoms with Gasteiger partial charge in [0.05, 0.1) is 0 Å². The van der Waals surface area contributed by atoms with E-state index in [9.17, 15) is 0 Å². The lowest BCUT2D eigenvalue weighted by Crippen LogP contribution is -2.26. The van der Waals surface area contributed by atoms with Crippen LogP contribution >= 0.6 is 0 Å². The van der Waals surface area contributed by atoms with E-state index < -0.39 is 0 Å². The first-order valence-corrected chi connectivity index (χ1v) is 6.56. The summed E-state index contributed by atoms with van der Waals surface area (Å²) in [7, 11) is 0. The molecule has 0 bridgehead atoms. The minimum Gasteiger partial charge on any atom is -0.398 e. The average Bonchev–Trinajstić information content (AvgIpc) is 2.37. The summed E-state index contributed by atoms with van der Waals surface area (Å²) in [6.07, 6.45) is 5.12. The molecule has 1 aromatic heterocycles. The summed E-state index contributed by atoms with van der Waals surface area (Å²) in [6.45, 7) is 4.25. The van der Waals surface area contributed by atoms with E-state index in [1.165, 1.54) is 16.7 Å². The molecule has 0 saturated heterocycles. The van der Waals surface area contributed by atoms with Crippen molar-refractivity contribution in [1.29, 1.82) is 0 Å². The third-order valence-corrected chi connectivity index (χ3v) is 3.49. The fourth-order valence-electron chi connectivity index (χ4n) is 2.20. The van der Waals surface area contributed by atoms with Gasteiger partial charge in [0.15, 0.2) is 0 Å². The number of nitrogen functional groups attached to an aromatic ring is 1. The smallest absolute Gasteiger partial charge is 0.0378 e. The molecule has 1 aromatic carbocycles. The van der Waals surface area contributed by atoms with Gasteiger partial charge in [0.2, 0.25) is 0 Å². The number of hydrogen-bond donors (Lipinski definition) is 2. The van der Waals surface area contributed by atoms with Crippen LogP contribution in [-0.2, 0) is 12.8 Å². The fourth-order valence-corrected chi connectivity index (χ4v) is 2.20. The van der Waals surface area contributed by atoms with Crippen LogP contribution in [0, 0.1) is 13.8 Å². The highest BCUT2D eigenvalue weighted by Gasteiger charge is 2.08. The van der Waals surface area contributed by atoms with Crippen LogP contribution in [0.2, 0.25) is 0 Å². The molecule has 4 N–H and O–H groups in total. The predicted molar refractivity (Wildman–Crippen MR) is 79.9 cm³/mol. The standard InChI is InChI=1S/C16H21N3/c1-11-3-4-13(7-12(11)2)8-15(17)9-14-10-19-6-5-16(14)18/h3-7,10,15H,8-9,17H2,1-2H3,(H2,18,19). The van der Waals surface area contributed by atoms with Crippen molar-refractivity contribution in [2.24, 2.45) is 5.73 Å². The summed E-state index contributed by atoms with van der Waals surface area (Å²) in [5.74, 6) is 0. The molecule has 0 fully saturated rings. The van der Waals surface area contributed by atoms with Gasteiger partial charge in [0.25, 0.3) is 0 Å². The molecule has 0 spiro atoms. The largest absolute Gasteiger partial charge is 0.398 e. The van der Waals surface area contributed by atoms with E-state index in [2.05, 4.69) is 37.0 Å². The van der Waals surface area contributed by atoms with Crippen LogP contribution in [-0.4, -0.2) is 11.0 Å². The summed E-state index contributed by atoms with van der Waals surface area (Å²) in [4.78, 5) is 4.10. The molecule has 2 aromatic rings. The van der Waals surface area contributed by atoms with E-state index >= 15 is 0 Å². The second kappa shape index (κ2) is 5.85. The summed E-state index contributed by atoms with van der Waals surface area (Å²) in [5, 5.41) is 0. The van der Waals surface area contributed by atoms with Gasteiger partial charge in [0, 0.05) is 24.1 Å². The Hall–Kier alpha value is -1.87. The summed E-state index contributed by atoms with van der Waals surface area (Å²) in [6, 6.07) is 8.39. The van der Waals surface area contributed by atoms with Crippen LogP contribution in [0.4, 0.5) is 5.69 Å². The second-order valence-corrected chi connectivity index (χ2v) is 5.16. The molecular weight excluding hydrogens is 234 g/mol. The Morgan fingerprint density at radius 2 is 1.89 bits per heavy atom. The van der Waals surface area contributed by atoms with Gasteiger partial charge < -0.3 is 11.5 Å². The first-order valence-electron chi connectivity index (χ1n) is 6.56. The molecule has 1 heterocycles. The Kier molecular flexibility index (Phi) is 4.17. The van der Waals surface area contributed by atoms with Crippen LogP contribution in [0.15, 0.2) is 36.7 Å². The Labute approximate surface area is 114 Å².